The Morgan fingerprint density at radius 1 is 1.36 bits per heavy atom. The summed E-state index contributed by atoms with van der Waals surface area (Å²) in [7, 11) is 0. The third-order valence-electron chi connectivity index (χ3n) is 1.72. The van der Waals surface area contributed by atoms with Gasteiger partial charge in [0.2, 0.25) is 0 Å². The second kappa shape index (κ2) is 4.13. The second-order valence-electron chi connectivity index (χ2n) is 2.62. The van der Waals surface area contributed by atoms with E-state index >= 15 is 0 Å². The summed E-state index contributed by atoms with van der Waals surface area (Å²) < 4.78 is 38.1. The molecule has 0 N–H and O–H groups in total. The number of Topliss-reactive ketones (excluding diaryl/α,β-unsaturated/α-hetero) is 1. The molecule has 1 nitrogen and oxygen atoms in total. The zero-order chi connectivity index (χ0) is 10.9. The topological polar surface area (TPSA) is 17.1 Å². The lowest BCUT2D eigenvalue weighted by Gasteiger charge is -2.04. The van der Waals surface area contributed by atoms with Crippen LogP contribution >= 0.6 is 15.9 Å². The first kappa shape index (κ1) is 11.2. The lowest BCUT2D eigenvalue weighted by molar-refractivity contribution is 0.0983. The number of ketones is 1. The molecule has 0 atom stereocenters. The van der Waals surface area contributed by atoms with Crippen LogP contribution in [0.2, 0.25) is 0 Å². The van der Waals surface area contributed by atoms with Crippen molar-refractivity contribution in [3.8, 4) is 0 Å². The molecule has 1 aromatic rings. The number of carbonyl (C=O) groups excluding carboxylic acids is 1. The molecule has 0 heterocycles. The lowest BCUT2D eigenvalue weighted by atomic mass is 10.1. The molecule has 0 aliphatic rings. The fourth-order valence-electron chi connectivity index (χ4n) is 0.966. The second-order valence-corrected chi connectivity index (χ2v) is 3.42. The lowest BCUT2D eigenvalue weighted by Crippen LogP contribution is -2.04. The van der Waals surface area contributed by atoms with Gasteiger partial charge in [0, 0.05) is 6.42 Å². The molecule has 0 saturated heterocycles. The highest BCUT2D eigenvalue weighted by molar-refractivity contribution is 9.10. The Balaban J connectivity index is 3.40. The van der Waals surface area contributed by atoms with Crippen LogP contribution in [-0.4, -0.2) is 5.78 Å². The van der Waals surface area contributed by atoms with Crippen molar-refractivity contribution in [2.24, 2.45) is 0 Å². The maximum Gasteiger partial charge on any atom is 0.175 e. The zero-order valence-electron chi connectivity index (χ0n) is 7.20. The number of rotatable bonds is 2. The highest BCUT2D eigenvalue weighted by atomic mass is 79.9. The summed E-state index contributed by atoms with van der Waals surface area (Å²) in [6, 6.07) is 0.571. The summed E-state index contributed by atoms with van der Waals surface area (Å²) in [5.74, 6) is -4.19. The molecular formula is C9H6BrF3O. The number of carbonyl (C=O) groups is 1. The number of benzene rings is 1. The molecule has 0 aliphatic carbocycles. The monoisotopic (exact) mass is 266 g/mol. The molecule has 1 aromatic carbocycles. The third-order valence-corrected chi connectivity index (χ3v) is 2.42. The molecule has 0 aliphatic heterocycles. The largest absolute Gasteiger partial charge is 0.294 e. The van der Waals surface area contributed by atoms with Gasteiger partial charge in [0.15, 0.2) is 23.2 Å². The molecule has 0 spiro atoms. The smallest absolute Gasteiger partial charge is 0.175 e. The average molecular weight is 267 g/mol. The van der Waals surface area contributed by atoms with E-state index in [9.17, 15) is 18.0 Å². The minimum atomic E-state index is -1.32. The fraction of sp³-hybridized carbons (Fsp3) is 0.222. The van der Waals surface area contributed by atoms with Gasteiger partial charge in [-0.15, -0.1) is 0 Å². The minimum absolute atomic E-state index is 0.0361. The normalized spacial score (nSPS) is 10.4. The third kappa shape index (κ3) is 1.82. The number of hydrogen-bond acceptors (Lipinski definition) is 1. The van der Waals surface area contributed by atoms with E-state index in [1.807, 2.05) is 0 Å². The molecule has 5 heteroatoms. The van der Waals surface area contributed by atoms with Crippen molar-refractivity contribution in [1.82, 2.24) is 0 Å². The Labute approximate surface area is 87.1 Å². The predicted octanol–water partition coefficient (Wildman–Crippen LogP) is 3.46. The summed E-state index contributed by atoms with van der Waals surface area (Å²) in [5, 5.41) is 0. The molecule has 0 unspecified atom stereocenters. The first-order valence-corrected chi connectivity index (χ1v) is 4.64. The van der Waals surface area contributed by atoms with Crippen molar-refractivity contribution >= 4 is 21.7 Å². The van der Waals surface area contributed by atoms with Crippen LogP contribution in [0.25, 0.3) is 0 Å². The SMILES string of the molecule is CCC(=O)c1cc(F)c(F)c(Br)c1F. The van der Waals surface area contributed by atoms with Gasteiger partial charge in [0.1, 0.15) is 0 Å². The van der Waals surface area contributed by atoms with Crippen molar-refractivity contribution in [3.05, 3.63) is 33.6 Å². The average Bonchev–Trinajstić information content (AvgIpc) is 2.19. The van der Waals surface area contributed by atoms with Crippen molar-refractivity contribution in [2.75, 3.05) is 0 Å². The van der Waals surface area contributed by atoms with Gasteiger partial charge in [0.05, 0.1) is 10.0 Å². The maximum atomic E-state index is 13.2. The molecule has 0 bridgehead atoms. The van der Waals surface area contributed by atoms with E-state index in [2.05, 4.69) is 15.9 Å². The van der Waals surface area contributed by atoms with Crippen LogP contribution in [0.3, 0.4) is 0 Å². The summed E-state index contributed by atoms with van der Waals surface area (Å²) in [5.41, 5.74) is -0.432. The van der Waals surface area contributed by atoms with Gasteiger partial charge in [0.25, 0.3) is 0 Å². The van der Waals surface area contributed by atoms with Crippen molar-refractivity contribution in [2.45, 2.75) is 13.3 Å². The Morgan fingerprint density at radius 2 is 1.93 bits per heavy atom. The zero-order valence-corrected chi connectivity index (χ0v) is 8.79. The van der Waals surface area contributed by atoms with Gasteiger partial charge in [-0.3, -0.25) is 4.79 Å². The quantitative estimate of drug-likeness (QED) is 0.455. The van der Waals surface area contributed by atoms with Crippen molar-refractivity contribution in [3.63, 3.8) is 0 Å². The molecule has 76 valence electrons. The van der Waals surface area contributed by atoms with E-state index in [1.54, 1.807) is 0 Å². The molecule has 1 rings (SSSR count). The highest BCUT2D eigenvalue weighted by Gasteiger charge is 2.19. The van der Waals surface area contributed by atoms with Crippen LogP contribution < -0.4 is 0 Å². The van der Waals surface area contributed by atoms with E-state index < -0.39 is 33.3 Å². The van der Waals surface area contributed by atoms with Crippen LogP contribution in [-0.2, 0) is 0 Å². The summed E-state index contributed by atoms with van der Waals surface area (Å²) in [6.45, 7) is 1.51. The van der Waals surface area contributed by atoms with Gasteiger partial charge < -0.3 is 0 Å². The van der Waals surface area contributed by atoms with Gasteiger partial charge in [-0.1, -0.05) is 6.92 Å². The summed E-state index contributed by atoms with van der Waals surface area (Å²) >= 11 is 2.54. The van der Waals surface area contributed by atoms with E-state index in [0.29, 0.717) is 6.07 Å². The Bertz CT molecular complexity index is 390. The van der Waals surface area contributed by atoms with E-state index in [-0.39, 0.29) is 6.42 Å². The van der Waals surface area contributed by atoms with Gasteiger partial charge in [-0.25, -0.2) is 13.2 Å². The molecule has 0 radical (unpaired) electrons. The fourth-order valence-corrected chi connectivity index (χ4v) is 1.37. The van der Waals surface area contributed by atoms with E-state index in [1.165, 1.54) is 6.92 Å². The van der Waals surface area contributed by atoms with Crippen molar-refractivity contribution in [1.29, 1.82) is 0 Å². The maximum absolute atomic E-state index is 13.2. The van der Waals surface area contributed by atoms with Crippen LogP contribution in [0.4, 0.5) is 13.2 Å². The van der Waals surface area contributed by atoms with Crippen LogP contribution in [0.15, 0.2) is 10.5 Å². The first-order chi connectivity index (χ1) is 6.49. The summed E-state index contributed by atoms with van der Waals surface area (Å²) in [6.07, 6.45) is 0.0361. The highest BCUT2D eigenvalue weighted by Crippen LogP contribution is 2.25. The van der Waals surface area contributed by atoms with Crippen molar-refractivity contribution < 1.29 is 18.0 Å². The molecule has 14 heavy (non-hydrogen) atoms. The molecule has 0 saturated carbocycles. The predicted molar refractivity (Wildman–Crippen MR) is 48.6 cm³/mol. The Hall–Kier alpha value is -0.840. The van der Waals surface area contributed by atoms with Gasteiger partial charge >= 0.3 is 0 Å². The van der Waals surface area contributed by atoms with Gasteiger partial charge in [-0.2, -0.15) is 0 Å². The van der Waals surface area contributed by atoms with E-state index in [4.69, 9.17) is 0 Å². The van der Waals surface area contributed by atoms with Crippen LogP contribution in [0.1, 0.15) is 23.7 Å². The molecule has 0 amide bonds. The Kier molecular flexibility index (Phi) is 3.31. The Morgan fingerprint density at radius 3 is 2.43 bits per heavy atom. The van der Waals surface area contributed by atoms with Crippen LogP contribution in [0, 0.1) is 17.5 Å². The first-order valence-electron chi connectivity index (χ1n) is 3.85. The number of halogens is 4. The summed E-state index contributed by atoms with van der Waals surface area (Å²) in [4.78, 5) is 11.1. The molecular weight excluding hydrogens is 261 g/mol. The number of hydrogen-bond donors (Lipinski definition) is 0. The standard InChI is InChI=1S/C9H6BrF3O/c1-2-6(14)4-3-5(11)9(13)7(10)8(4)12/h3H,2H2,1H3. The van der Waals surface area contributed by atoms with E-state index in [0.717, 1.165) is 0 Å². The minimum Gasteiger partial charge on any atom is -0.294 e. The molecule has 0 fully saturated rings. The van der Waals surface area contributed by atoms with Gasteiger partial charge in [-0.05, 0) is 22.0 Å². The van der Waals surface area contributed by atoms with Crippen LogP contribution in [0.5, 0.6) is 0 Å². The molecule has 0 aromatic heterocycles.